The van der Waals surface area contributed by atoms with Gasteiger partial charge in [0.25, 0.3) is 0 Å². The first-order valence-electron chi connectivity index (χ1n) is 4.73. The summed E-state index contributed by atoms with van der Waals surface area (Å²) in [7, 11) is 0.598. The van der Waals surface area contributed by atoms with Crippen LogP contribution in [0.25, 0.3) is 0 Å². The van der Waals surface area contributed by atoms with E-state index in [0.717, 1.165) is 5.56 Å². The first-order chi connectivity index (χ1) is 7.44. The van der Waals surface area contributed by atoms with E-state index in [1.165, 1.54) is 0 Å². The van der Waals surface area contributed by atoms with Crippen molar-refractivity contribution in [3.05, 3.63) is 29.8 Å². The van der Waals surface area contributed by atoms with E-state index in [1.807, 2.05) is 37.2 Å². The van der Waals surface area contributed by atoms with Gasteiger partial charge in [-0.2, -0.15) is 0 Å². The summed E-state index contributed by atoms with van der Waals surface area (Å²) in [5.41, 5.74) is 1.59. The number of para-hydroxylation sites is 1. The molecule has 0 aliphatic heterocycles. The van der Waals surface area contributed by atoms with Crippen LogP contribution in [0.15, 0.2) is 24.3 Å². The number of rotatable bonds is 5. The SMILES string of the molecule is CN(C)Cc1ccccc1NS(=O)(=O)CBr. The van der Waals surface area contributed by atoms with Gasteiger partial charge >= 0.3 is 0 Å². The molecule has 0 spiro atoms. The maximum Gasteiger partial charge on any atom is 0.242 e. The molecule has 0 atom stereocenters. The fourth-order valence-electron chi connectivity index (χ4n) is 1.29. The monoisotopic (exact) mass is 306 g/mol. The molecule has 90 valence electrons. The van der Waals surface area contributed by atoms with Gasteiger partial charge in [0.2, 0.25) is 10.0 Å². The maximum absolute atomic E-state index is 11.4. The molecule has 0 fully saturated rings. The Labute approximate surface area is 105 Å². The summed E-state index contributed by atoms with van der Waals surface area (Å²) in [5.74, 6) is 0. The van der Waals surface area contributed by atoms with E-state index >= 15 is 0 Å². The number of benzene rings is 1. The molecule has 1 aromatic carbocycles. The van der Waals surface area contributed by atoms with Crippen molar-refractivity contribution in [3.8, 4) is 0 Å². The Bertz CT molecular complexity index is 446. The summed E-state index contributed by atoms with van der Waals surface area (Å²) in [5, 5.41) is 0. The largest absolute Gasteiger partial charge is 0.305 e. The second-order valence-electron chi connectivity index (χ2n) is 3.72. The Hall–Kier alpha value is -0.590. The second kappa shape index (κ2) is 5.65. The van der Waals surface area contributed by atoms with Gasteiger partial charge < -0.3 is 4.90 Å². The standard InChI is InChI=1S/C10H15BrN2O2S/c1-13(2)7-9-5-3-4-6-10(9)12-16(14,15)8-11/h3-6,12H,7-8H2,1-2H3. The molecule has 0 amide bonds. The van der Waals surface area contributed by atoms with Crippen LogP contribution in [0.1, 0.15) is 5.56 Å². The third-order valence-corrected chi connectivity index (χ3v) is 4.54. The molecule has 0 aromatic heterocycles. The van der Waals surface area contributed by atoms with E-state index in [4.69, 9.17) is 0 Å². The predicted octanol–water partition coefficient (Wildman–Crippen LogP) is 1.84. The Morgan fingerprint density at radius 1 is 1.31 bits per heavy atom. The quantitative estimate of drug-likeness (QED) is 0.845. The molecular weight excluding hydrogens is 292 g/mol. The van der Waals surface area contributed by atoms with E-state index in [9.17, 15) is 8.42 Å². The third kappa shape index (κ3) is 4.11. The topological polar surface area (TPSA) is 49.4 Å². The first-order valence-corrected chi connectivity index (χ1v) is 7.51. The summed E-state index contributed by atoms with van der Waals surface area (Å²) in [6, 6.07) is 7.38. The molecule has 0 bridgehead atoms. The Balaban J connectivity index is 2.95. The van der Waals surface area contributed by atoms with Crippen molar-refractivity contribution in [2.45, 2.75) is 6.54 Å². The van der Waals surface area contributed by atoms with Crippen LogP contribution in [0.2, 0.25) is 0 Å². The Kier molecular flexibility index (Phi) is 4.76. The zero-order valence-electron chi connectivity index (χ0n) is 9.27. The fraction of sp³-hybridized carbons (Fsp3) is 0.400. The highest BCUT2D eigenvalue weighted by atomic mass is 79.9. The summed E-state index contributed by atoms with van der Waals surface area (Å²) < 4.78 is 25.3. The number of hydrogen-bond donors (Lipinski definition) is 1. The van der Waals surface area contributed by atoms with Crippen LogP contribution < -0.4 is 4.72 Å². The van der Waals surface area contributed by atoms with Gasteiger partial charge in [-0.3, -0.25) is 4.72 Å². The van der Waals surface area contributed by atoms with Crippen molar-refractivity contribution in [3.63, 3.8) is 0 Å². The molecular formula is C10H15BrN2O2S. The first kappa shape index (κ1) is 13.5. The molecule has 0 aliphatic rings. The van der Waals surface area contributed by atoms with Gasteiger partial charge in [-0.25, -0.2) is 8.42 Å². The highest BCUT2D eigenvalue weighted by Gasteiger charge is 2.10. The van der Waals surface area contributed by atoms with Crippen molar-refractivity contribution >= 4 is 31.6 Å². The molecule has 6 heteroatoms. The smallest absolute Gasteiger partial charge is 0.242 e. The molecule has 0 aliphatic carbocycles. The maximum atomic E-state index is 11.4. The minimum atomic E-state index is -3.28. The lowest BCUT2D eigenvalue weighted by molar-refractivity contribution is 0.403. The number of anilines is 1. The molecule has 1 rings (SSSR count). The predicted molar refractivity (Wildman–Crippen MR) is 70.2 cm³/mol. The molecule has 0 radical (unpaired) electrons. The number of alkyl halides is 1. The lowest BCUT2D eigenvalue weighted by Crippen LogP contribution is -2.17. The molecule has 16 heavy (non-hydrogen) atoms. The second-order valence-corrected chi connectivity index (χ2v) is 6.75. The number of nitrogens with one attached hydrogen (secondary N) is 1. The van der Waals surface area contributed by atoms with E-state index in [-0.39, 0.29) is 4.66 Å². The van der Waals surface area contributed by atoms with Crippen molar-refractivity contribution in [2.75, 3.05) is 23.5 Å². The van der Waals surface area contributed by atoms with Gasteiger partial charge in [0.05, 0.1) is 5.69 Å². The van der Waals surface area contributed by atoms with Crippen LogP contribution in [-0.2, 0) is 16.6 Å². The number of hydrogen-bond acceptors (Lipinski definition) is 3. The summed E-state index contributed by atoms with van der Waals surface area (Å²) in [6.45, 7) is 0.695. The fourth-order valence-corrected chi connectivity index (χ4v) is 2.23. The van der Waals surface area contributed by atoms with Gasteiger partial charge in [0, 0.05) is 6.54 Å². The summed E-state index contributed by atoms with van der Waals surface area (Å²) >= 11 is 2.94. The van der Waals surface area contributed by atoms with Gasteiger partial charge in [-0.05, 0) is 25.7 Å². The van der Waals surface area contributed by atoms with Crippen molar-refractivity contribution in [1.82, 2.24) is 4.90 Å². The van der Waals surface area contributed by atoms with Gasteiger partial charge in [0.15, 0.2) is 0 Å². The number of sulfonamides is 1. The lowest BCUT2D eigenvalue weighted by Gasteiger charge is -2.14. The number of halogens is 1. The highest BCUT2D eigenvalue weighted by Crippen LogP contribution is 2.18. The van der Waals surface area contributed by atoms with Gasteiger partial charge in [-0.1, -0.05) is 34.1 Å². The van der Waals surface area contributed by atoms with Crippen LogP contribution in [0.3, 0.4) is 0 Å². The van der Waals surface area contributed by atoms with Crippen LogP contribution >= 0.6 is 15.9 Å². The minimum Gasteiger partial charge on any atom is -0.305 e. The number of nitrogens with zero attached hydrogens (tertiary/aromatic N) is 1. The van der Waals surface area contributed by atoms with Crippen LogP contribution in [0.5, 0.6) is 0 Å². The lowest BCUT2D eigenvalue weighted by atomic mass is 10.2. The van der Waals surface area contributed by atoms with Gasteiger partial charge in [0.1, 0.15) is 4.66 Å². The van der Waals surface area contributed by atoms with Crippen LogP contribution in [-0.4, -0.2) is 32.1 Å². The van der Waals surface area contributed by atoms with Crippen LogP contribution in [0.4, 0.5) is 5.69 Å². The normalized spacial score (nSPS) is 11.8. The highest BCUT2D eigenvalue weighted by molar-refractivity contribution is 9.10. The van der Waals surface area contributed by atoms with E-state index < -0.39 is 10.0 Å². The van der Waals surface area contributed by atoms with E-state index in [2.05, 4.69) is 20.7 Å². The molecule has 0 saturated carbocycles. The molecule has 1 N–H and O–H groups in total. The van der Waals surface area contributed by atoms with Crippen molar-refractivity contribution in [1.29, 1.82) is 0 Å². The molecule has 4 nitrogen and oxygen atoms in total. The zero-order chi connectivity index (χ0) is 12.2. The van der Waals surface area contributed by atoms with E-state index in [1.54, 1.807) is 6.07 Å². The molecule has 0 heterocycles. The molecule has 0 unspecified atom stereocenters. The Morgan fingerprint density at radius 2 is 1.94 bits per heavy atom. The van der Waals surface area contributed by atoms with E-state index in [0.29, 0.717) is 12.2 Å². The van der Waals surface area contributed by atoms with Crippen molar-refractivity contribution in [2.24, 2.45) is 0 Å². The van der Waals surface area contributed by atoms with Gasteiger partial charge in [-0.15, -0.1) is 0 Å². The minimum absolute atomic E-state index is 0.101. The average Bonchev–Trinajstić information content (AvgIpc) is 2.20. The van der Waals surface area contributed by atoms with Crippen LogP contribution in [0, 0.1) is 0 Å². The zero-order valence-corrected chi connectivity index (χ0v) is 11.7. The molecule has 1 aromatic rings. The Morgan fingerprint density at radius 3 is 2.50 bits per heavy atom. The van der Waals surface area contributed by atoms with Crippen molar-refractivity contribution < 1.29 is 8.42 Å². The molecule has 0 saturated heterocycles. The summed E-state index contributed by atoms with van der Waals surface area (Å²) in [4.78, 5) is 1.99. The third-order valence-electron chi connectivity index (χ3n) is 1.91. The average molecular weight is 307 g/mol. The summed E-state index contributed by atoms with van der Waals surface area (Å²) in [6.07, 6.45) is 0.